The van der Waals surface area contributed by atoms with Gasteiger partial charge in [0, 0.05) is 13.2 Å². The second-order valence-corrected chi connectivity index (χ2v) is 2.35. The zero-order valence-electron chi connectivity index (χ0n) is 7.99. The third-order valence-electron chi connectivity index (χ3n) is 1.43. The van der Waals surface area contributed by atoms with Crippen molar-refractivity contribution in [1.82, 2.24) is 0 Å². The maximum absolute atomic E-state index is 8.54. The van der Waals surface area contributed by atoms with E-state index in [1.165, 1.54) is 0 Å². The SMILES string of the molecule is [C-]#[N+]C(C#N)CC(OCC)OCC. The lowest BCUT2D eigenvalue weighted by Gasteiger charge is -2.14. The fourth-order valence-corrected chi connectivity index (χ4v) is 0.873. The predicted octanol–water partition coefficient (Wildman–Crippen LogP) is 1.59. The number of hydrogen-bond donors (Lipinski definition) is 0. The summed E-state index contributed by atoms with van der Waals surface area (Å²) in [6.45, 7) is 11.5. The van der Waals surface area contributed by atoms with Gasteiger partial charge in [0.2, 0.25) is 0 Å². The Labute approximate surface area is 78.9 Å². The van der Waals surface area contributed by atoms with E-state index >= 15 is 0 Å². The minimum atomic E-state index is -0.664. The summed E-state index contributed by atoms with van der Waals surface area (Å²) in [6, 6.07) is 1.22. The fraction of sp³-hybridized carbons (Fsp3) is 0.778. The molecule has 1 atom stereocenters. The average Bonchev–Trinajstić information content (AvgIpc) is 2.14. The van der Waals surface area contributed by atoms with Crippen LogP contribution < -0.4 is 0 Å². The average molecular weight is 182 g/mol. The Balaban J connectivity index is 3.94. The van der Waals surface area contributed by atoms with Crippen molar-refractivity contribution in [2.24, 2.45) is 0 Å². The van der Waals surface area contributed by atoms with Crippen LogP contribution in [0.4, 0.5) is 0 Å². The van der Waals surface area contributed by atoms with E-state index in [0.29, 0.717) is 19.6 Å². The molecule has 0 saturated heterocycles. The van der Waals surface area contributed by atoms with E-state index < -0.39 is 12.3 Å². The highest BCUT2D eigenvalue weighted by Crippen LogP contribution is 2.07. The largest absolute Gasteiger partial charge is 0.353 e. The van der Waals surface area contributed by atoms with Gasteiger partial charge in [-0.15, -0.1) is 0 Å². The molecule has 0 amide bonds. The van der Waals surface area contributed by atoms with Crippen molar-refractivity contribution in [2.75, 3.05) is 13.2 Å². The van der Waals surface area contributed by atoms with Gasteiger partial charge in [0.25, 0.3) is 0 Å². The molecule has 4 nitrogen and oxygen atoms in total. The van der Waals surface area contributed by atoms with Crippen molar-refractivity contribution < 1.29 is 9.47 Å². The molecule has 0 aromatic heterocycles. The van der Waals surface area contributed by atoms with Gasteiger partial charge in [-0.05, 0) is 13.8 Å². The smallest absolute Gasteiger partial charge is 0.312 e. The molecule has 4 heteroatoms. The summed E-state index contributed by atoms with van der Waals surface area (Å²) >= 11 is 0. The van der Waals surface area contributed by atoms with Crippen molar-refractivity contribution >= 4 is 0 Å². The van der Waals surface area contributed by atoms with Gasteiger partial charge in [0.05, 0.1) is 6.42 Å². The molecule has 0 N–H and O–H groups in total. The molecule has 0 heterocycles. The lowest BCUT2D eigenvalue weighted by atomic mass is 10.2. The molecule has 0 aliphatic rings. The Morgan fingerprint density at radius 2 is 1.92 bits per heavy atom. The van der Waals surface area contributed by atoms with Gasteiger partial charge in [0.1, 0.15) is 0 Å². The summed E-state index contributed by atoms with van der Waals surface area (Å²) in [4.78, 5) is 3.14. The summed E-state index contributed by atoms with van der Waals surface area (Å²) in [5.74, 6) is 0. The molecule has 1 unspecified atom stereocenters. The predicted molar refractivity (Wildman–Crippen MR) is 47.7 cm³/mol. The van der Waals surface area contributed by atoms with Crippen molar-refractivity contribution in [3.63, 3.8) is 0 Å². The molecule has 72 valence electrons. The second-order valence-electron chi connectivity index (χ2n) is 2.35. The highest BCUT2D eigenvalue weighted by atomic mass is 16.7. The van der Waals surface area contributed by atoms with Crippen LogP contribution in [0, 0.1) is 17.9 Å². The number of nitrogens with zero attached hydrogens (tertiary/aromatic N) is 2. The lowest BCUT2D eigenvalue weighted by Crippen LogP contribution is -2.21. The summed E-state index contributed by atoms with van der Waals surface area (Å²) in [7, 11) is 0. The third-order valence-corrected chi connectivity index (χ3v) is 1.43. The Kier molecular flexibility index (Phi) is 6.91. The van der Waals surface area contributed by atoms with E-state index in [1.807, 2.05) is 19.9 Å². The van der Waals surface area contributed by atoms with Crippen molar-refractivity contribution in [3.05, 3.63) is 11.4 Å². The maximum Gasteiger partial charge on any atom is 0.312 e. The van der Waals surface area contributed by atoms with Gasteiger partial charge in [-0.1, -0.05) is 0 Å². The molecule has 0 spiro atoms. The van der Waals surface area contributed by atoms with Crippen molar-refractivity contribution in [1.29, 1.82) is 5.26 Å². The van der Waals surface area contributed by atoms with Crippen LogP contribution in [0.1, 0.15) is 20.3 Å². The van der Waals surface area contributed by atoms with Crippen LogP contribution in [-0.2, 0) is 9.47 Å². The zero-order chi connectivity index (χ0) is 10.1. The topological polar surface area (TPSA) is 46.6 Å². The van der Waals surface area contributed by atoms with Crippen molar-refractivity contribution in [2.45, 2.75) is 32.6 Å². The van der Waals surface area contributed by atoms with E-state index in [4.69, 9.17) is 21.3 Å². The molecule has 0 aromatic rings. The van der Waals surface area contributed by atoms with Crippen LogP contribution in [0.2, 0.25) is 0 Å². The van der Waals surface area contributed by atoms with Crippen LogP contribution in [0.25, 0.3) is 4.85 Å². The van der Waals surface area contributed by atoms with Gasteiger partial charge in [0.15, 0.2) is 12.4 Å². The number of nitriles is 1. The van der Waals surface area contributed by atoms with Crippen LogP contribution in [0.15, 0.2) is 0 Å². The van der Waals surface area contributed by atoms with E-state index in [1.54, 1.807) is 0 Å². The molecule has 0 rings (SSSR count). The number of ether oxygens (including phenoxy) is 2. The van der Waals surface area contributed by atoms with Crippen molar-refractivity contribution in [3.8, 4) is 6.07 Å². The molecule has 0 aliphatic heterocycles. The first-order chi connectivity index (χ1) is 6.28. The van der Waals surface area contributed by atoms with Crippen LogP contribution in [0.5, 0.6) is 0 Å². The van der Waals surface area contributed by atoms with Gasteiger partial charge in [-0.2, -0.15) is 5.26 Å². The van der Waals surface area contributed by atoms with E-state index in [-0.39, 0.29) is 0 Å². The monoisotopic (exact) mass is 182 g/mol. The van der Waals surface area contributed by atoms with E-state index in [2.05, 4.69) is 4.85 Å². The molecular formula is C9H14N2O2. The van der Waals surface area contributed by atoms with E-state index in [9.17, 15) is 0 Å². The van der Waals surface area contributed by atoms with Gasteiger partial charge < -0.3 is 9.47 Å². The van der Waals surface area contributed by atoms with Crippen LogP contribution >= 0.6 is 0 Å². The minimum absolute atomic E-state index is 0.321. The molecule has 13 heavy (non-hydrogen) atoms. The summed E-state index contributed by atoms with van der Waals surface area (Å²) in [6.07, 6.45) is -0.101. The third kappa shape index (κ3) is 5.19. The van der Waals surface area contributed by atoms with Crippen LogP contribution in [-0.4, -0.2) is 25.5 Å². The lowest BCUT2D eigenvalue weighted by molar-refractivity contribution is -0.139. The minimum Gasteiger partial charge on any atom is -0.353 e. The standard InChI is InChI=1S/C9H14N2O2/c1-4-12-9(13-5-2)6-8(7-10)11-3/h8-9H,4-6H2,1-2H3. The van der Waals surface area contributed by atoms with Crippen LogP contribution in [0.3, 0.4) is 0 Å². The molecule has 0 fully saturated rings. The molecular weight excluding hydrogens is 168 g/mol. The van der Waals surface area contributed by atoms with Gasteiger partial charge in [-0.25, -0.2) is 6.57 Å². The van der Waals surface area contributed by atoms with Gasteiger partial charge in [-0.3, -0.25) is 4.85 Å². The Hall–Kier alpha value is -1.10. The molecule has 0 radical (unpaired) electrons. The molecule has 0 aromatic carbocycles. The Morgan fingerprint density at radius 3 is 2.23 bits per heavy atom. The summed E-state index contributed by atoms with van der Waals surface area (Å²) in [5, 5.41) is 8.54. The second kappa shape index (κ2) is 7.54. The molecule has 0 aliphatic carbocycles. The maximum atomic E-state index is 8.54. The number of rotatable bonds is 6. The summed E-state index contributed by atoms with van der Waals surface area (Å²) < 4.78 is 10.4. The first kappa shape index (κ1) is 11.9. The Morgan fingerprint density at radius 1 is 1.38 bits per heavy atom. The quantitative estimate of drug-likeness (QED) is 0.463. The fourth-order valence-electron chi connectivity index (χ4n) is 0.873. The first-order valence-corrected chi connectivity index (χ1v) is 4.27. The normalized spacial score (nSPS) is 12.1. The molecule has 0 bridgehead atoms. The zero-order valence-corrected chi connectivity index (χ0v) is 7.99. The highest BCUT2D eigenvalue weighted by Gasteiger charge is 2.19. The first-order valence-electron chi connectivity index (χ1n) is 4.27. The Bertz CT molecular complexity index is 185. The molecule has 0 saturated carbocycles. The van der Waals surface area contributed by atoms with Gasteiger partial charge >= 0.3 is 6.04 Å². The summed E-state index contributed by atoms with van der Waals surface area (Å²) in [5.41, 5.74) is 0. The number of hydrogen-bond acceptors (Lipinski definition) is 3. The van der Waals surface area contributed by atoms with E-state index in [0.717, 1.165) is 0 Å². The highest BCUT2D eigenvalue weighted by molar-refractivity contribution is 4.98.